The summed E-state index contributed by atoms with van der Waals surface area (Å²) < 4.78 is 40.2. The minimum absolute atomic E-state index is 0.0558. The number of amides is 1. The minimum atomic E-state index is -4.56. The maximum absolute atomic E-state index is 13.0. The molecule has 0 saturated carbocycles. The summed E-state index contributed by atoms with van der Waals surface area (Å²) in [4.78, 5) is 28.0. The smallest absolute Gasteiger partial charge is 0.326 e. The van der Waals surface area contributed by atoms with Crippen molar-refractivity contribution in [3.05, 3.63) is 76.8 Å². The number of nitrogens with one attached hydrogen (secondary N) is 1. The third kappa shape index (κ3) is 5.28. The molecule has 0 fully saturated rings. The lowest BCUT2D eigenvalue weighted by atomic mass is 10.1. The maximum atomic E-state index is 13.0. The summed E-state index contributed by atoms with van der Waals surface area (Å²) >= 11 is 0. The Morgan fingerprint density at radius 3 is 2.48 bits per heavy atom. The van der Waals surface area contributed by atoms with Crippen molar-refractivity contribution in [2.45, 2.75) is 25.6 Å². The molecule has 1 N–H and O–H groups in total. The van der Waals surface area contributed by atoms with Crippen molar-refractivity contribution in [3.63, 3.8) is 0 Å². The zero-order valence-corrected chi connectivity index (χ0v) is 15.2. The largest absolute Gasteiger partial charge is 0.418 e. The van der Waals surface area contributed by atoms with E-state index in [1.165, 1.54) is 28.9 Å². The summed E-state index contributed by atoms with van der Waals surface area (Å²) in [6, 6.07) is 11.3. The molecule has 150 valence electrons. The number of para-hydroxylation sites is 1. The van der Waals surface area contributed by atoms with E-state index in [9.17, 15) is 22.8 Å². The number of halogens is 3. The molecule has 0 bridgehead atoms. The summed E-state index contributed by atoms with van der Waals surface area (Å²) in [5.74, 6) is -0.569. The van der Waals surface area contributed by atoms with Crippen LogP contribution >= 0.6 is 0 Å². The zero-order valence-electron chi connectivity index (χ0n) is 15.2. The standard InChI is InChI=1S/C20H17F3N4O2/c21-20(22,23)15-4-1-2-5-17(15)25-18(28)6-3-13-27-19(29)8-7-16(26-27)14-9-11-24-12-10-14/h1-2,4-5,7-12H,3,6,13H2,(H,25,28). The molecule has 0 radical (unpaired) electrons. The van der Waals surface area contributed by atoms with Gasteiger partial charge in [-0.2, -0.15) is 18.3 Å². The van der Waals surface area contributed by atoms with Gasteiger partial charge in [-0.05, 0) is 36.8 Å². The molecule has 0 aliphatic carbocycles. The molecule has 0 atom stereocenters. The molecule has 0 unspecified atom stereocenters. The van der Waals surface area contributed by atoms with Crippen LogP contribution in [-0.4, -0.2) is 20.7 Å². The molecule has 1 amide bonds. The minimum Gasteiger partial charge on any atom is -0.326 e. The van der Waals surface area contributed by atoms with Gasteiger partial charge in [0.1, 0.15) is 0 Å². The Morgan fingerprint density at radius 2 is 1.76 bits per heavy atom. The van der Waals surface area contributed by atoms with Gasteiger partial charge in [-0.25, -0.2) is 4.68 Å². The van der Waals surface area contributed by atoms with Crippen molar-refractivity contribution in [2.24, 2.45) is 0 Å². The van der Waals surface area contributed by atoms with Gasteiger partial charge in [0.05, 0.1) is 16.9 Å². The van der Waals surface area contributed by atoms with Crippen LogP contribution in [0.25, 0.3) is 11.3 Å². The molecule has 3 rings (SSSR count). The highest BCUT2D eigenvalue weighted by atomic mass is 19.4. The van der Waals surface area contributed by atoms with Crippen LogP contribution in [0.15, 0.2) is 65.7 Å². The number of rotatable bonds is 6. The van der Waals surface area contributed by atoms with Gasteiger partial charge in [0.2, 0.25) is 5.91 Å². The molecular weight excluding hydrogens is 385 g/mol. The maximum Gasteiger partial charge on any atom is 0.418 e. The van der Waals surface area contributed by atoms with Crippen molar-refractivity contribution < 1.29 is 18.0 Å². The van der Waals surface area contributed by atoms with Crippen LogP contribution in [0.1, 0.15) is 18.4 Å². The molecule has 3 aromatic rings. The van der Waals surface area contributed by atoms with Crippen LogP contribution in [0.3, 0.4) is 0 Å². The van der Waals surface area contributed by atoms with E-state index >= 15 is 0 Å². The fraction of sp³-hybridized carbons (Fsp3) is 0.200. The van der Waals surface area contributed by atoms with Gasteiger partial charge in [-0.1, -0.05) is 12.1 Å². The zero-order chi connectivity index (χ0) is 20.9. The van der Waals surface area contributed by atoms with Crippen molar-refractivity contribution in [2.75, 3.05) is 5.32 Å². The number of anilines is 1. The van der Waals surface area contributed by atoms with Crippen molar-refractivity contribution in [1.29, 1.82) is 0 Å². The first-order chi connectivity index (χ1) is 13.8. The summed E-state index contributed by atoms with van der Waals surface area (Å²) in [6.07, 6.45) is -1.16. The molecule has 9 heteroatoms. The van der Waals surface area contributed by atoms with E-state index in [1.54, 1.807) is 30.6 Å². The molecule has 0 aliphatic heterocycles. The number of carbonyl (C=O) groups excluding carboxylic acids is 1. The number of aromatic nitrogens is 3. The summed E-state index contributed by atoms with van der Waals surface area (Å²) in [7, 11) is 0. The number of benzene rings is 1. The number of alkyl halides is 3. The number of carbonyl (C=O) groups is 1. The van der Waals surface area contributed by atoms with Crippen LogP contribution in [0.5, 0.6) is 0 Å². The third-order valence-electron chi connectivity index (χ3n) is 4.12. The molecule has 0 saturated heterocycles. The first-order valence-corrected chi connectivity index (χ1v) is 8.79. The summed E-state index contributed by atoms with van der Waals surface area (Å²) in [5.41, 5.74) is -0.160. The Balaban J connectivity index is 1.62. The predicted molar refractivity (Wildman–Crippen MR) is 101 cm³/mol. The van der Waals surface area contributed by atoms with Crippen molar-refractivity contribution >= 4 is 11.6 Å². The van der Waals surface area contributed by atoms with E-state index < -0.39 is 17.6 Å². The molecule has 2 aromatic heterocycles. The summed E-state index contributed by atoms with van der Waals surface area (Å²) in [5, 5.41) is 6.55. The van der Waals surface area contributed by atoms with Gasteiger partial charge in [0.25, 0.3) is 5.56 Å². The van der Waals surface area contributed by atoms with Gasteiger partial charge in [-0.3, -0.25) is 14.6 Å². The SMILES string of the molecule is O=C(CCCn1nc(-c2ccncc2)ccc1=O)Nc1ccccc1C(F)(F)F. The number of aryl methyl sites for hydroxylation is 1. The van der Waals surface area contributed by atoms with E-state index in [1.807, 2.05) is 0 Å². The third-order valence-corrected chi connectivity index (χ3v) is 4.12. The lowest BCUT2D eigenvalue weighted by Crippen LogP contribution is -2.23. The monoisotopic (exact) mass is 402 g/mol. The van der Waals surface area contributed by atoms with Crippen LogP contribution in [-0.2, 0) is 17.5 Å². The number of pyridine rings is 1. The van der Waals surface area contributed by atoms with E-state index in [-0.39, 0.29) is 30.6 Å². The van der Waals surface area contributed by atoms with Crippen LogP contribution in [0.4, 0.5) is 18.9 Å². The Labute approximate surface area is 164 Å². The molecule has 0 aliphatic rings. The number of nitrogens with zero attached hydrogens (tertiary/aromatic N) is 3. The Bertz CT molecular complexity index is 1050. The first-order valence-electron chi connectivity index (χ1n) is 8.79. The lowest BCUT2D eigenvalue weighted by molar-refractivity contribution is -0.137. The van der Waals surface area contributed by atoms with Gasteiger partial charge < -0.3 is 5.32 Å². The predicted octanol–water partition coefficient (Wildman–Crippen LogP) is 3.74. The number of hydrogen-bond acceptors (Lipinski definition) is 4. The van der Waals surface area contributed by atoms with E-state index in [0.717, 1.165) is 11.6 Å². The number of hydrogen-bond donors (Lipinski definition) is 1. The highest BCUT2D eigenvalue weighted by Crippen LogP contribution is 2.34. The fourth-order valence-corrected chi connectivity index (χ4v) is 2.73. The average molecular weight is 402 g/mol. The summed E-state index contributed by atoms with van der Waals surface area (Å²) in [6.45, 7) is 0.159. The first kappa shape index (κ1) is 20.2. The molecule has 1 aromatic carbocycles. The molecule has 2 heterocycles. The van der Waals surface area contributed by atoms with Crippen molar-refractivity contribution in [3.8, 4) is 11.3 Å². The molecule has 6 nitrogen and oxygen atoms in total. The van der Waals surface area contributed by atoms with Gasteiger partial charge in [0, 0.05) is 37.0 Å². The highest BCUT2D eigenvalue weighted by Gasteiger charge is 2.33. The second-order valence-electron chi connectivity index (χ2n) is 6.21. The Hall–Kier alpha value is -3.49. The van der Waals surface area contributed by atoms with Crippen molar-refractivity contribution in [1.82, 2.24) is 14.8 Å². The van der Waals surface area contributed by atoms with Crippen LogP contribution < -0.4 is 10.9 Å². The fourth-order valence-electron chi connectivity index (χ4n) is 2.73. The lowest BCUT2D eigenvalue weighted by Gasteiger charge is -2.13. The topological polar surface area (TPSA) is 76.9 Å². The molecule has 29 heavy (non-hydrogen) atoms. The Kier molecular flexibility index (Phi) is 6.06. The molecule has 0 spiro atoms. The quantitative estimate of drug-likeness (QED) is 0.681. The van der Waals surface area contributed by atoms with E-state index in [4.69, 9.17) is 0 Å². The van der Waals surface area contributed by atoms with E-state index in [0.29, 0.717) is 5.69 Å². The van der Waals surface area contributed by atoms with Crippen LogP contribution in [0.2, 0.25) is 0 Å². The second kappa shape index (κ2) is 8.68. The average Bonchev–Trinajstić information content (AvgIpc) is 2.69. The van der Waals surface area contributed by atoms with Crippen LogP contribution in [0, 0.1) is 0 Å². The highest BCUT2D eigenvalue weighted by molar-refractivity contribution is 5.91. The second-order valence-corrected chi connectivity index (χ2v) is 6.21. The van der Waals surface area contributed by atoms with Gasteiger partial charge in [-0.15, -0.1) is 0 Å². The normalized spacial score (nSPS) is 11.3. The van der Waals surface area contributed by atoms with E-state index in [2.05, 4.69) is 15.4 Å². The van der Waals surface area contributed by atoms with Gasteiger partial charge >= 0.3 is 6.18 Å². The van der Waals surface area contributed by atoms with Gasteiger partial charge in [0.15, 0.2) is 0 Å². The Morgan fingerprint density at radius 1 is 1.03 bits per heavy atom. The molecular formula is C20H17F3N4O2.